The van der Waals surface area contributed by atoms with Gasteiger partial charge in [-0.3, -0.25) is 0 Å². The van der Waals surface area contributed by atoms with Crippen molar-refractivity contribution in [1.82, 2.24) is 4.98 Å². The van der Waals surface area contributed by atoms with Crippen LogP contribution in [0, 0.1) is 25.6 Å². The van der Waals surface area contributed by atoms with Gasteiger partial charge in [-0.15, -0.1) is 22.9 Å². The van der Waals surface area contributed by atoms with E-state index in [2.05, 4.69) is 11.9 Å². The molecule has 0 saturated carbocycles. The summed E-state index contributed by atoms with van der Waals surface area (Å²) in [5.41, 5.74) is 2.23. The third-order valence-electron chi connectivity index (χ3n) is 3.19. The van der Waals surface area contributed by atoms with E-state index in [1.165, 1.54) is 17.0 Å². The highest BCUT2D eigenvalue weighted by Gasteiger charge is 2.13. The maximum atomic E-state index is 12.9. The Bertz CT molecular complexity index is 516. The number of halogens is 2. The highest BCUT2D eigenvalue weighted by Crippen LogP contribution is 2.22. The van der Waals surface area contributed by atoms with E-state index in [0.29, 0.717) is 11.8 Å². The summed E-state index contributed by atoms with van der Waals surface area (Å²) in [6.07, 6.45) is 1.75. The minimum Gasteiger partial charge on any atom is -0.246 e. The lowest BCUT2D eigenvalue weighted by Crippen LogP contribution is -2.10. The molecule has 0 N–H and O–H groups in total. The van der Waals surface area contributed by atoms with Gasteiger partial charge in [0.1, 0.15) is 5.82 Å². The molecular formula is C15H17ClFNS. The average Bonchev–Trinajstić information content (AvgIpc) is 2.70. The van der Waals surface area contributed by atoms with Crippen LogP contribution in [0.2, 0.25) is 0 Å². The molecule has 0 aliphatic carbocycles. The lowest BCUT2D eigenvalue weighted by molar-refractivity contribution is 0.579. The average molecular weight is 298 g/mol. The fraction of sp³-hybridized carbons (Fsp3) is 0.400. The van der Waals surface area contributed by atoms with Crippen molar-refractivity contribution in [3.63, 3.8) is 0 Å². The molecule has 0 amide bonds. The van der Waals surface area contributed by atoms with E-state index < -0.39 is 0 Å². The SMILES string of the molecule is Cc1nc(CC(CCl)Cc2ccc(F)cc2)sc1C. The third kappa shape index (κ3) is 4.02. The molecule has 1 unspecified atom stereocenters. The van der Waals surface area contributed by atoms with Crippen LogP contribution in [0.25, 0.3) is 0 Å². The summed E-state index contributed by atoms with van der Waals surface area (Å²) in [7, 11) is 0. The molecule has 0 spiro atoms. The molecule has 4 heteroatoms. The number of benzene rings is 1. The van der Waals surface area contributed by atoms with Crippen molar-refractivity contribution in [1.29, 1.82) is 0 Å². The molecule has 1 heterocycles. The largest absolute Gasteiger partial charge is 0.246 e. The number of alkyl halides is 1. The maximum Gasteiger partial charge on any atom is 0.123 e. The second-order valence-electron chi connectivity index (χ2n) is 4.80. The molecule has 1 aromatic carbocycles. The predicted octanol–water partition coefficient (Wildman–Crippen LogP) is 4.54. The summed E-state index contributed by atoms with van der Waals surface area (Å²) in [6.45, 7) is 4.12. The van der Waals surface area contributed by atoms with E-state index in [4.69, 9.17) is 11.6 Å². The summed E-state index contributed by atoms with van der Waals surface area (Å²) in [6, 6.07) is 6.65. The van der Waals surface area contributed by atoms with Gasteiger partial charge in [-0.05, 0) is 43.9 Å². The first-order chi connectivity index (χ1) is 9.08. The van der Waals surface area contributed by atoms with Crippen molar-refractivity contribution < 1.29 is 4.39 Å². The third-order valence-corrected chi connectivity index (χ3v) is 4.72. The summed E-state index contributed by atoms with van der Waals surface area (Å²) in [5.74, 6) is 0.740. The summed E-state index contributed by atoms with van der Waals surface area (Å²) in [5, 5.41) is 1.14. The van der Waals surface area contributed by atoms with Gasteiger partial charge in [0.2, 0.25) is 0 Å². The fourth-order valence-corrected chi connectivity index (χ4v) is 3.28. The van der Waals surface area contributed by atoms with E-state index in [1.807, 2.05) is 19.1 Å². The van der Waals surface area contributed by atoms with Crippen LogP contribution in [0.5, 0.6) is 0 Å². The Morgan fingerprint density at radius 3 is 2.42 bits per heavy atom. The van der Waals surface area contributed by atoms with Crippen LogP contribution in [-0.4, -0.2) is 10.9 Å². The summed E-state index contributed by atoms with van der Waals surface area (Å²) in [4.78, 5) is 5.82. The molecule has 0 bridgehead atoms. The molecule has 1 atom stereocenters. The zero-order chi connectivity index (χ0) is 13.8. The van der Waals surface area contributed by atoms with Gasteiger partial charge in [-0.1, -0.05) is 12.1 Å². The molecule has 1 aromatic heterocycles. The molecule has 0 aliphatic rings. The molecule has 0 saturated heterocycles. The van der Waals surface area contributed by atoms with Crippen molar-refractivity contribution >= 4 is 22.9 Å². The smallest absolute Gasteiger partial charge is 0.123 e. The number of hydrogen-bond donors (Lipinski definition) is 0. The van der Waals surface area contributed by atoms with Crippen LogP contribution in [0.4, 0.5) is 4.39 Å². The van der Waals surface area contributed by atoms with Crippen molar-refractivity contribution in [2.75, 3.05) is 5.88 Å². The van der Waals surface area contributed by atoms with Gasteiger partial charge in [0.15, 0.2) is 0 Å². The van der Waals surface area contributed by atoms with Gasteiger partial charge in [0.05, 0.1) is 10.7 Å². The van der Waals surface area contributed by atoms with Gasteiger partial charge in [-0.25, -0.2) is 9.37 Å². The van der Waals surface area contributed by atoms with Crippen LogP contribution in [0.3, 0.4) is 0 Å². The van der Waals surface area contributed by atoms with Crippen LogP contribution in [0.1, 0.15) is 21.1 Å². The van der Waals surface area contributed by atoms with Gasteiger partial charge >= 0.3 is 0 Å². The van der Waals surface area contributed by atoms with Gasteiger partial charge < -0.3 is 0 Å². The molecule has 0 fully saturated rings. The first-order valence-corrected chi connectivity index (χ1v) is 7.67. The Balaban J connectivity index is 2.02. The van der Waals surface area contributed by atoms with Crippen molar-refractivity contribution in [2.24, 2.45) is 5.92 Å². The monoisotopic (exact) mass is 297 g/mol. The zero-order valence-corrected chi connectivity index (χ0v) is 12.7. The number of rotatable bonds is 5. The number of nitrogens with zero attached hydrogens (tertiary/aromatic N) is 1. The summed E-state index contributed by atoms with van der Waals surface area (Å²) < 4.78 is 12.9. The second kappa shape index (κ2) is 6.49. The zero-order valence-electron chi connectivity index (χ0n) is 11.1. The number of aryl methyl sites for hydroxylation is 2. The highest BCUT2D eigenvalue weighted by atomic mass is 35.5. The van der Waals surface area contributed by atoms with E-state index in [9.17, 15) is 4.39 Å². The molecule has 19 heavy (non-hydrogen) atoms. The molecule has 2 rings (SSSR count). The van der Waals surface area contributed by atoms with E-state index in [-0.39, 0.29) is 5.82 Å². The number of thiazole rings is 1. The van der Waals surface area contributed by atoms with Crippen molar-refractivity contribution in [3.8, 4) is 0 Å². The Morgan fingerprint density at radius 2 is 1.89 bits per heavy atom. The normalized spacial score (nSPS) is 12.6. The minimum absolute atomic E-state index is 0.197. The van der Waals surface area contributed by atoms with E-state index in [0.717, 1.165) is 29.1 Å². The minimum atomic E-state index is -0.197. The fourth-order valence-electron chi connectivity index (χ4n) is 2.01. The Morgan fingerprint density at radius 1 is 1.21 bits per heavy atom. The Labute approximate surface area is 122 Å². The quantitative estimate of drug-likeness (QED) is 0.738. The standard InChI is InChI=1S/C15H17ClFNS/c1-10-11(2)19-15(18-10)8-13(9-16)7-12-3-5-14(17)6-4-12/h3-6,13H,7-9H2,1-2H3. The molecule has 2 aromatic rings. The lowest BCUT2D eigenvalue weighted by Gasteiger charge is -2.12. The second-order valence-corrected chi connectivity index (χ2v) is 6.40. The van der Waals surface area contributed by atoms with E-state index >= 15 is 0 Å². The van der Waals surface area contributed by atoms with Crippen LogP contribution in [0.15, 0.2) is 24.3 Å². The van der Waals surface area contributed by atoms with Crippen molar-refractivity contribution in [3.05, 3.63) is 51.2 Å². The first-order valence-electron chi connectivity index (χ1n) is 6.31. The van der Waals surface area contributed by atoms with Crippen LogP contribution in [-0.2, 0) is 12.8 Å². The van der Waals surface area contributed by atoms with Gasteiger partial charge in [-0.2, -0.15) is 0 Å². The van der Waals surface area contributed by atoms with Gasteiger partial charge in [0.25, 0.3) is 0 Å². The lowest BCUT2D eigenvalue weighted by atomic mass is 9.98. The molecule has 1 nitrogen and oxygen atoms in total. The Hall–Kier alpha value is -0.930. The first kappa shape index (κ1) is 14.5. The maximum absolute atomic E-state index is 12.9. The molecule has 0 radical (unpaired) electrons. The topological polar surface area (TPSA) is 12.9 Å². The van der Waals surface area contributed by atoms with E-state index in [1.54, 1.807) is 11.3 Å². The molecular weight excluding hydrogens is 281 g/mol. The Kier molecular flexibility index (Phi) is 4.94. The number of hydrogen-bond acceptors (Lipinski definition) is 2. The molecule has 0 aliphatic heterocycles. The number of aromatic nitrogens is 1. The molecule has 102 valence electrons. The summed E-state index contributed by atoms with van der Waals surface area (Å²) >= 11 is 7.79. The van der Waals surface area contributed by atoms with Crippen LogP contribution >= 0.6 is 22.9 Å². The highest BCUT2D eigenvalue weighted by molar-refractivity contribution is 7.11. The van der Waals surface area contributed by atoms with Crippen molar-refractivity contribution in [2.45, 2.75) is 26.7 Å². The predicted molar refractivity (Wildman–Crippen MR) is 79.6 cm³/mol. The van der Waals surface area contributed by atoms with Crippen LogP contribution < -0.4 is 0 Å². The van der Waals surface area contributed by atoms with Gasteiger partial charge in [0, 0.05) is 17.2 Å².